The van der Waals surface area contributed by atoms with E-state index in [0.717, 1.165) is 57.5 Å². The maximum absolute atomic E-state index is 12.8. The van der Waals surface area contributed by atoms with Crippen molar-refractivity contribution in [3.8, 4) is 0 Å². The number of aldehydes is 1. The number of likely N-dealkylation sites (tertiary alicyclic amines) is 1. The molecule has 7 nitrogen and oxygen atoms in total. The highest BCUT2D eigenvalue weighted by molar-refractivity contribution is 5.78. The summed E-state index contributed by atoms with van der Waals surface area (Å²) in [4.78, 5) is 32.9. The van der Waals surface area contributed by atoms with Crippen molar-refractivity contribution >= 4 is 12.2 Å². The van der Waals surface area contributed by atoms with Gasteiger partial charge in [-0.25, -0.2) is 4.98 Å². The number of piperidine rings is 1. The standard InChI is InChI=1S/C25H43N5O2.C4H10/c1-18(2)14-22(17-31)26-10-13-28(5)16-25(32)29-11-8-21(9-12-29)15-24-27-19(3)20(4)30(24)23-6-7-23;1-4(2)3/h17-18,21-23,26H,6-16H2,1-5H3;4H,1-3H3. The normalized spacial score (nSPS) is 17.5. The van der Waals surface area contributed by atoms with Gasteiger partial charge in [0.25, 0.3) is 0 Å². The number of hydrogen-bond donors (Lipinski definition) is 1. The molecule has 1 aliphatic heterocycles. The Bertz CT molecular complexity index is 804. The number of nitrogens with one attached hydrogen (secondary N) is 1. The van der Waals surface area contributed by atoms with Gasteiger partial charge in [0.15, 0.2) is 0 Å². The summed E-state index contributed by atoms with van der Waals surface area (Å²) in [6.07, 6.45) is 7.56. The first-order valence-corrected chi connectivity index (χ1v) is 14.2. The van der Waals surface area contributed by atoms with E-state index in [4.69, 9.17) is 4.98 Å². The molecule has 3 rings (SSSR count). The minimum atomic E-state index is -0.0961. The van der Waals surface area contributed by atoms with Crippen LogP contribution in [0.15, 0.2) is 0 Å². The number of aryl methyl sites for hydroxylation is 1. The highest BCUT2D eigenvalue weighted by Crippen LogP contribution is 2.38. The van der Waals surface area contributed by atoms with E-state index < -0.39 is 0 Å². The Morgan fingerprint density at radius 1 is 1.11 bits per heavy atom. The lowest BCUT2D eigenvalue weighted by Gasteiger charge is -2.33. The quantitative estimate of drug-likeness (QED) is 0.428. The number of imidazole rings is 1. The van der Waals surface area contributed by atoms with Crippen molar-refractivity contribution in [1.29, 1.82) is 0 Å². The smallest absolute Gasteiger partial charge is 0.236 e. The largest absolute Gasteiger partial charge is 0.342 e. The molecule has 0 bridgehead atoms. The first kappa shape index (κ1) is 30.5. The summed E-state index contributed by atoms with van der Waals surface area (Å²) < 4.78 is 2.48. The van der Waals surface area contributed by atoms with Crippen molar-refractivity contribution in [2.45, 2.75) is 99.1 Å². The fourth-order valence-electron chi connectivity index (χ4n) is 4.85. The Kier molecular flexibility index (Phi) is 12.6. The summed E-state index contributed by atoms with van der Waals surface area (Å²) in [5.41, 5.74) is 2.50. The average Bonchev–Trinajstić information content (AvgIpc) is 3.59. The molecule has 1 saturated heterocycles. The van der Waals surface area contributed by atoms with Crippen molar-refractivity contribution in [3.63, 3.8) is 0 Å². The number of likely N-dealkylation sites (N-methyl/N-ethyl adjacent to an activating group) is 1. The van der Waals surface area contributed by atoms with Gasteiger partial charge in [0.1, 0.15) is 12.1 Å². The van der Waals surface area contributed by atoms with Crippen molar-refractivity contribution in [1.82, 2.24) is 24.7 Å². The summed E-state index contributed by atoms with van der Waals surface area (Å²) >= 11 is 0. The van der Waals surface area contributed by atoms with Gasteiger partial charge in [-0.15, -0.1) is 0 Å². The van der Waals surface area contributed by atoms with E-state index in [1.165, 1.54) is 30.1 Å². The fourth-order valence-corrected chi connectivity index (χ4v) is 4.85. The van der Waals surface area contributed by atoms with Gasteiger partial charge >= 0.3 is 0 Å². The van der Waals surface area contributed by atoms with Crippen LogP contribution in [0.25, 0.3) is 0 Å². The van der Waals surface area contributed by atoms with E-state index in [1.54, 1.807) is 0 Å². The lowest BCUT2D eigenvalue weighted by Crippen LogP contribution is -2.45. The van der Waals surface area contributed by atoms with E-state index in [9.17, 15) is 9.59 Å². The van der Waals surface area contributed by atoms with Crippen molar-refractivity contribution in [3.05, 3.63) is 17.2 Å². The monoisotopic (exact) mass is 503 g/mol. The van der Waals surface area contributed by atoms with E-state index in [2.05, 4.69) is 63.2 Å². The molecule has 0 spiro atoms. The molecule has 1 aromatic rings. The first-order valence-electron chi connectivity index (χ1n) is 14.2. The first-order chi connectivity index (χ1) is 17.0. The van der Waals surface area contributed by atoms with Crippen molar-refractivity contribution in [2.75, 3.05) is 39.8 Å². The van der Waals surface area contributed by atoms with Gasteiger partial charge in [0, 0.05) is 44.3 Å². The van der Waals surface area contributed by atoms with Crippen LogP contribution in [-0.2, 0) is 16.0 Å². The Labute approximate surface area is 220 Å². The van der Waals surface area contributed by atoms with Crippen LogP contribution < -0.4 is 5.32 Å². The second-order valence-electron chi connectivity index (χ2n) is 12.1. The summed E-state index contributed by atoms with van der Waals surface area (Å²) in [6, 6.07) is 0.575. The molecule has 1 unspecified atom stereocenters. The molecule has 36 heavy (non-hydrogen) atoms. The molecule has 1 atom stereocenters. The van der Waals surface area contributed by atoms with E-state index in [-0.39, 0.29) is 11.9 Å². The van der Waals surface area contributed by atoms with Gasteiger partial charge in [-0.2, -0.15) is 0 Å². The molecule has 0 aromatic carbocycles. The van der Waals surface area contributed by atoms with E-state index in [1.807, 2.05) is 11.9 Å². The maximum atomic E-state index is 12.8. The number of hydrogen-bond acceptors (Lipinski definition) is 5. The lowest BCUT2D eigenvalue weighted by atomic mass is 9.93. The number of rotatable bonds is 12. The molecular formula is C29H53N5O2. The minimum Gasteiger partial charge on any atom is -0.342 e. The van der Waals surface area contributed by atoms with Crippen LogP contribution in [0.5, 0.6) is 0 Å². The molecule has 1 aromatic heterocycles. The highest BCUT2D eigenvalue weighted by Gasteiger charge is 2.30. The fraction of sp³-hybridized carbons (Fsp3) is 0.828. The Morgan fingerprint density at radius 2 is 1.72 bits per heavy atom. The molecule has 2 aliphatic rings. The molecule has 206 valence electrons. The summed E-state index contributed by atoms with van der Waals surface area (Å²) in [5, 5.41) is 3.29. The Balaban J connectivity index is 0.00000106. The predicted octanol–water partition coefficient (Wildman–Crippen LogP) is 4.41. The maximum Gasteiger partial charge on any atom is 0.236 e. The van der Waals surface area contributed by atoms with Gasteiger partial charge in [-0.3, -0.25) is 9.69 Å². The van der Waals surface area contributed by atoms with Crippen LogP contribution in [0.4, 0.5) is 0 Å². The third kappa shape index (κ3) is 10.3. The number of amides is 1. The molecule has 1 N–H and O–H groups in total. The highest BCUT2D eigenvalue weighted by atomic mass is 16.2. The van der Waals surface area contributed by atoms with E-state index >= 15 is 0 Å². The third-order valence-corrected chi connectivity index (χ3v) is 7.01. The number of carbonyl (C=O) groups excluding carboxylic acids is 2. The van der Waals surface area contributed by atoms with Gasteiger partial charge in [-0.05, 0) is 70.8 Å². The molecule has 2 fully saturated rings. The molecule has 1 amide bonds. The molecule has 1 saturated carbocycles. The van der Waals surface area contributed by atoms with Crippen molar-refractivity contribution < 1.29 is 9.59 Å². The number of aromatic nitrogens is 2. The molecule has 7 heteroatoms. The molecule has 0 radical (unpaired) electrons. The van der Waals surface area contributed by atoms with Crippen LogP contribution in [-0.4, -0.2) is 77.4 Å². The van der Waals surface area contributed by atoms with Gasteiger partial charge in [0.2, 0.25) is 5.91 Å². The zero-order chi connectivity index (χ0) is 26.8. The zero-order valence-electron chi connectivity index (χ0n) is 24.3. The predicted molar refractivity (Wildman–Crippen MR) is 148 cm³/mol. The Morgan fingerprint density at radius 3 is 2.25 bits per heavy atom. The minimum absolute atomic E-state index is 0.0961. The zero-order valence-corrected chi connectivity index (χ0v) is 24.3. The third-order valence-electron chi connectivity index (χ3n) is 7.01. The van der Waals surface area contributed by atoms with Crippen molar-refractivity contribution in [2.24, 2.45) is 17.8 Å². The SMILES string of the molecule is CC(C)C.Cc1nc(CC2CCN(C(=O)CN(C)CCNC(C=O)CC(C)C)CC2)n(C2CC2)c1C. The number of carbonyl (C=O) groups is 2. The second kappa shape index (κ2) is 14.9. The summed E-state index contributed by atoms with van der Waals surface area (Å²) in [5.74, 6) is 3.40. The Hall–Kier alpha value is -1.73. The van der Waals surface area contributed by atoms with Gasteiger partial charge in [-0.1, -0.05) is 34.6 Å². The molecule has 2 heterocycles. The summed E-state index contributed by atoms with van der Waals surface area (Å²) in [6.45, 7) is 18.7. The van der Waals surface area contributed by atoms with E-state index in [0.29, 0.717) is 31.0 Å². The molecular weight excluding hydrogens is 450 g/mol. The molecule has 1 aliphatic carbocycles. The van der Waals surface area contributed by atoms with Crippen LogP contribution in [0.3, 0.4) is 0 Å². The summed E-state index contributed by atoms with van der Waals surface area (Å²) in [7, 11) is 1.98. The van der Waals surface area contributed by atoms with Crippen LogP contribution in [0.2, 0.25) is 0 Å². The van der Waals surface area contributed by atoms with Gasteiger partial charge in [0.05, 0.1) is 18.3 Å². The van der Waals surface area contributed by atoms with Crippen LogP contribution in [0, 0.1) is 31.6 Å². The van der Waals surface area contributed by atoms with Gasteiger partial charge < -0.3 is 19.6 Å². The van der Waals surface area contributed by atoms with Crippen LogP contribution in [0.1, 0.15) is 90.0 Å². The van der Waals surface area contributed by atoms with Crippen LogP contribution >= 0.6 is 0 Å². The lowest BCUT2D eigenvalue weighted by molar-refractivity contribution is -0.133. The topological polar surface area (TPSA) is 70.5 Å². The average molecular weight is 504 g/mol. The number of nitrogens with zero attached hydrogens (tertiary/aromatic N) is 4. The second-order valence-corrected chi connectivity index (χ2v) is 12.1.